The van der Waals surface area contributed by atoms with Crippen LogP contribution in [-0.2, 0) is 19.2 Å². The Morgan fingerprint density at radius 1 is 0.625 bits per heavy atom. The molecule has 2 rings (SSSR count). The number of carbonyl (C=O) groups is 4. The second kappa shape index (κ2) is 11.6. The van der Waals surface area contributed by atoms with Gasteiger partial charge in [-0.2, -0.15) is 0 Å². The Morgan fingerprint density at radius 3 is 1.25 bits per heavy atom. The minimum Gasteiger partial charge on any atom is -0.326 e. The van der Waals surface area contributed by atoms with E-state index in [-0.39, 0.29) is 23.6 Å². The second-order valence-corrected chi connectivity index (χ2v) is 7.52. The molecule has 4 amide bonds. The van der Waals surface area contributed by atoms with Crippen molar-refractivity contribution >= 4 is 46.4 Å². The van der Waals surface area contributed by atoms with Gasteiger partial charge in [0.05, 0.1) is 0 Å². The molecule has 0 aromatic heterocycles. The van der Waals surface area contributed by atoms with Crippen molar-refractivity contribution in [1.29, 1.82) is 0 Å². The molecule has 0 spiro atoms. The van der Waals surface area contributed by atoms with Crippen molar-refractivity contribution in [2.45, 2.75) is 40.5 Å². The second-order valence-electron chi connectivity index (χ2n) is 7.52. The first-order valence-corrected chi connectivity index (χ1v) is 10.6. The summed E-state index contributed by atoms with van der Waals surface area (Å²) in [7, 11) is 0. The minimum absolute atomic E-state index is 0.120. The summed E-state index contributed by atoms with van der Waals surface area (Å²) in [5.41, 5.74) is 2.23. The van der Waals surface area contributed by atoms with Gasteiger partial charge in [0.25, 0.3) is 0 Å². The van der Waals surface area contributed by atoms with Crippen molar-refractivity contribution in [3.8, 4) is 0 Å². The predicted octanol–water partition coefficient (Wildman–Crippen LogP) is 4.23. The fraction of sp³-hybridized carbons (Fsp3) is 0.333. The van der Waals surface area contributed by atoms with Gasteiger partial charge in [-0.15, -0.1) is 0 Å². The molecular formula is C24H30N4O4. The standard InChI is InChI=1S/C24H30N4O4/c1-5-21(29)25-17-9-7-11-19(13-17)27-23(31)15(3)16(4)24(32)28-20-12-8-10-18(14-20)26-22(30)6-2/h7-16H,5-6H2,1-4H3,(H,25,29)(H,26,30)(H,27,31)(H,28,32). The van der Waals surface area contributed by atoms with E-state index in [0.717, 1.165) is 0 Å². The van der Waals surface area contributed by atoms with Crippen LogP contribution in [0.1, 0.15) is 40.5 Å². The van der Waals surface area contributed by atoms with Crippen LogP contribution in [0, 0.1) is 11.8 Å². The smallest absolute Gasteiger partial charge is 0.227 e. The van der Waals surface area contributed by atoms with Crippen molar-refractivity contribution in [1.82, 2.24) is 0 Å². The topological polar surface area (TPSA) is 116 Å². The largest absolute Gasteiger partial charge is 0.326 e. The molecule has 0 heterocycles. The summed E-state index contributed by atoms with van der Waals surface area (Å²) in [5.74, 6) is -2.07. The van der Waals surface area contributed by atoms with E-state index < -0.39 is 11.8 Å². The summed E-state index contributed by atoms with van der Waals surface area (Å²) >= 11 is 0. The molecular weight excluding hydrogens is 408 g/mol. The number of nitrogens with one attached hydrogen (secondary N) is 4. The SMILES string of the molecule is CCC(=O)Nc1cccc(NC(=O)C(C)C(C)C(=O)Nc2cccc(NC(=O)CC)c2)c1. The molecule has 0 bridgehead atoms. The third kappa shape index (κ3) is 7.23. The molecule has 0 saturated carbocycles. The van der Waals surface area contributed by atoms with Gasteiger partial charge in [0.2, 0.25) is 23.6 Å². The average Bonchev–Trinajstić information content (AvgIpc) is 2.78. The summed E-state index contributed by atoms with van der Waals surface area (Å²) in [6.07, 6.45) is 0.711. The van der Waals surface area contributed by atoms with E-state index in [1.54, 1.807) is 76.2 Å². The number of benzene rings is 2. The van der Waals surface area contributed by atoms with Crippen molar-refractivity contribution in [2.24, 2.45) is 11.8 Å². The predicted molar refractivity (Wildman–Crippen MR) is 126 cm³/mol. The van der Waals surface area contributed by atoms with Crippen LogP contribution in [0.5, 0.6) is 0 Å². The molecule has 2 aromatic rings. The molecule has 2 unspecified atom stereocenters. The Labute approximate surface area is 188 Å². The summed E-state index contributed by atoms with van der Waals surface area (Å²) in [6, 6.07) is 13.7. The van der Waals surface area contributed by atoms with Crippen molar-refractivity contribution in [3.05, 3.63) is 48.5 Å². The zero-order valence-corrected chi connectivity index (χ0v) is 18.8. The average molecular weight is 439 g/mol. The van der Waals surface area contributed by atoms with E-state index in [4.69, 9.17) is 0 Å². The zero-order chi connectivity index (χ0) is 23.7. The third-order valence-corrected chi connectivity index (χ3v) is 5.05. The van der Waals surface area contributed by atoms with Crippen LogP contribution in [0.25, 0.3) is 0 Å². The summed E-state index contributed by atoms with van der Waals surface area (Å²) in [4.78, 5) is 48.5. The maximum absolute atomic E-state index is 12.7. The molecule has 0 aliphatic carbocycles. The fourth-order valence-corrected chi connectivity index (χ4v) is 2.81. The quantitative estimate of drug-likeness (QED) is 0.469. The lowest BCUT2D eigenvalue weighted by Crippen LogP contribution is -2.33. The number of carbonyl (C=O) groups excluding carboxylic acids is 4. The number of hydrogen-bond acceptors (Lipinski definition) is 4. The van der Waals surface area contributed by atoms with E-state index in [0.29, 0.717) is 35.6 Å². The summed E-state index contributed by atoms with van der Waals surface area (Å²) in [5, 5.41) is 11.1. The van der Waals surface area contributed by atoms with Crippen LogP contribution in [0.15, 0.2) is 48.5 Å². The molecule has 32 heavy (non-hydrogen) atoms. The lowest BCUT2D eigenvalue weighted by molar-refractivity contribution is -0.128. The molecule has 4 N–H and O–H groups in total. The first-order valence-electron chi connectivity index (χ1n) is 10.6. The highest BCUT2D eigenvalue weighted by Crippen LogP contribution is 2.21. The van der Waals surface area contributed by atoms with Gasteiger partial charge in [-0.3, -0.25) is 19.2 Å². The number of anilines is 4. The highest BCUT2D eigenvalue weighted by molar-refractivity contribution is 6.00. The first kappa shape index (κ1) is 24.6. The van der Waals surface area contributed by atoms with Crippen molar-refractivity contribution < 1.29 is 19.2 Å². The maximum atomic E-state index is 12.7. The van der Waals surface area contributed by atoms with Gasteiger partial charge in [-0.1, -0.05) is 39.8 Å². The lowest BCUT2D eigenvalue weighted by Gasteiger charge is -2.19. The third-order valence-electron chi connectivity index (χ3n) is 5.05. The maximum Gasteiger partial charge on any atom is 0.227 e. The summed E-state index contributed by atoms with van der Waals surface area (Å²) in [6.45, 7) is 6.87. The van der Waals surface area contributed by atoms with Crippen LogP contribution >= 0.6 is 0 Å². The Bertz CT molecular complexity index is 910. The lowest BCUT2D eigenvalue weighted by atomic mass is 9.94. The molecule has 0 fully saturated rings. The van der Waals surface area contributed by atoms with Gasteiger partial charge in [0.15, 0.2) is 0 Å². The van der Waals surface area contributed by atoms with Gasteiger partial charge in [-0.05, 0) is 36.4 Å². The highest BCUT2D eigenvalue weighted by atomic mass is 16.2. The minimum atomic E-state index is -0.605. The Balaban J connectivity index is 1.98. The number of rotatable bonds is 9. The van der Waals surface area contributed by atoms with Gasteiger partial charge < -0.3 is 21.3 Å². The molecule has 0 saturated heterocycles. The molecule has 2 atom stereocenters. The van der Waals surface area contributed by atoms with Gasteiger partial charge >= 0.3 is 0 Å². The van der Waals surface area contributed by atoms with Crippen molar-refractivity contribution in [2.75, 3.05) is 21.3 Å². The zero-order valence-electron chi connectivity index (χ0n) is 18.8. The van der Waals surface area contributed by atoms with Gasteiger partial charge in [0.1, 0.15) is 0 Å². The Kier molecular flexibility index (Phi) is 8.95. The first-order chi connectivity index (χ1) is 15.2. The summed E-state index contributed by atoms with van der Waals surface area (Å²) < 4.78 is 0. The Morgan fingerprint density at radius 2 is 0.938 bits per heavy atom. The van der Waals surface area contributed by atoms with Gasteiger partial charge in [0, 0.05) is 47.4 Å². The molecule has 8 nitrogen and oxygen atoms in total. The van der Waals surface area contributed by atoms with Crippen LogP contribution in [-0.4, -0.2) is 23.6 Å². The van der Waals surface area contributed by atoms with E-state index in [9.17, 15) is 19.2 Å². The van der Waals surface area contributed by atoms with Crippen LogP contribution in [0.2, 0.25) is 0 Å². The van der Waals surface area contributed by atoms with Crippen LogP contribution in [0.3, 0.4) is 0 Å². The van der Waals surface area contributed by atoms with E-state index in [2.05, 4.69) is 21.3 Å². The van der Waals surface area contributed by atoms with E-state index in [1.165, 1.54) is 0 Å². The number of hydrogen-bond donors (Lipinski definition) is 4. The molecule has 8 heteroatoms. The van der Waals surface area contributed by atoms with Crippen molar-refractivity contribution in [3.63, 3.8) is 0 Å². The van der Waals surface area contributed by atoms with Crippen LogP contribution < -0.4 is 21.3 Å². The monoisotopic (exact) mass is 438 g/mol. The molecule has 170 valence electrons. The van der Waals surface area contributed by atoms with E-state index >= 15 is 0 Å². The fourth-order valence-electron chi connectivity index (χ4n) is 2.81. The molecule has 0 aliphatic rings. The molecule has 2 aromatic carbocycles. The Hall–Kier alpha value is -3.68. The van der Waals surface area contributed by atoms with Gasteiger partial charge in [-0.25, -0.2) is 0 Å². The highest BCUT2D eigenvalue weighted by Gasteiger charge is 2.26. The number of amides is 4. The molecule has 0 aliphatic heterocycles. The normalized spacial score (nSPS) is 12.2. The van der Waals surface area contributed by atoms with E-state index in [1.807, 2.05) is 0 Å². The van der Waals surface area contributed by atoms with Crippen LogP contribution in [0.4, 0.5) is 22.7 Å². The molecule has 0 radical (unpaired) electrons.